The average Bonchev–Trinajstić information content (AvgIpc) is 2.83. The topological polar surface area (TPSA) is 129 Å². The fourth-order valence-electron chi connectivity index (χ4n) is 4.61. The average molecular weight is 541 g/mol. The second-order valence-corrected chi connectivity index (χ2v) is 13.7. The molecule has 0 amide bonds. The third kappa shape index (κ3) is 8.11. The Morgan fingerprint density at radius 2 is 0.944 bits per heavy atom. The molecule has 0 saturated carbocycles. The second-order valence-electron chi connectivity index (χ2n) is 10.00. The van der Waals surface area contributed by atoms with Gasteiger partial charge in [-0.2, -0.15) is 16.8 Å². The van der Waals surface area contributed by atoms with Gasteiger partial charge in [-0.15, -0.1) is 0 Å². The Bertz CT molecular complexity index is 1040. The summed E-state index contributed by atoms with van der Waals surface area (Å²) in [5.41, 5.74) is 1.12. The van der Waals surface area contributed by atoms with E-state index in [9.17, 15) is 31.0 Å². The summed E-state index contributed by atoms with van der Waals surface area (Å²) in [7, 11) is -8.56. The van der Waals surface area contributed by atoms with Crippen LogP contribution in [-0.4, -0.2) is 37.2 Å². The molecule has 0 heterocycles. The number of aliphatic hydroxyl groups excluding tert-OH is 1. The van der Waals surface area contributed by atoms with E-state index in [1.165, 1.54) is 13.8 Å². The van der Waals surface area contributed by atoms with E-state index in [0.29, 0.717) is 49.7 Å². The largest absolute Gasteiger partial charge is 0.393 e. The predicted octanol–water partition coefficient (Wildman–Crippen LogP) is 5.85. The second kappa shape index (κ2) is 13.1. The van der Waals surface area contributed by atoms with Crippen LogP contribution in [0.5, 0.6) is 0 Å². The minimum Gasteiger partial charge on any atom is -0.393 e. The molecule has 0 aliphatic heterocycles. The Hall–Kier alpha value is -1.78. The van der Waals surface area contributed by atoms with Crippen LogP contribution in [0, 0.1) is 0 Å². The molecule has 2 rings (SSSR count). The van der Waals surface area contributed by atoms with Gasteiger partial charge in [-0.1, -0.05) is 99.2 Å². The van der Waals surface area contributed by atoms with Gasteiger partial charge in [0.25, 0.3) is 20.2 Å². The smallest absolute Gasteiger partial charge is 0.274 e. The van der Waals surface area contributed by atoms with Crippen LogP contribution in [0.4, 0.5) is 0 Å². The van der Waals surface area contributed by atoms with Crippen molar-refractivity contribution >= 4 is 20.2 Å². The molecule has 202 valence electrons. The molecule has 0 radical (unpaired) electrons. The molecule has 9 heteroatoms. The Balaban J connectivity index is 1.71. The van der Waals surface area contributed by atoms with Gasteiger partial charge >= 0.3 is 0 Å². The van der Waals surface area contributed by atoms with Crippen LogP contribution in [0.3, 0.4) is 0 Å². The van der Waals surface area contributed by atoms with Crippen molar-refractivity contribution in [3.8, 4) is 0 Å². The van der Waals surface area contributed by atoms with Gasteiger partial charge < -0.3 is 5.11 Å². The van der Waals surface area contributed by atoms with E-state index in [1.807, 2.05) is 0 Å². The van der Waals surface area contributed by atoms with E-state index in [-0.39, 0.29) is 0 Å². The van der Waals surface area contributed by atoms with Crippen LogP contribution in [-0.2, 0) is 29.7 Å². The molecule has 2 atom stereocenters. The third-order valence-corrected chi connectivity index (χ3v) is 10.4. The first-order valence-electron chi connectivity index (χ1n) is 12.5. The van der Waals surface area contributed by atoms with E-state index in [2.05, 4.69) is 0 Å². The minimum atomic E-state index is -4.28. The number of hydrogen-bond donors (Lipinski definition) is 3. The van der Waals surface area contributed by atoms with Crippen molar-refractivity contribution < 1.29 is 31.0 Å². The molecular weight excluding hydrogens is 500 g/mol. The van der Waals surface area contributed by atoms with Crippen LogP contribution in [0.15, 0.2) is 60.7 Å². The van der Waals surface area contributed by atoms with Crippen molar-refractivity contribution in [1.82, 2.24) is 0 Å². The molecule has 0 aromatic heterocycles. The maximum absolute atomic E-state index is 12.1. The van der Waals surface area contributed by atoms with Crippen LogP contribution < -0.4 is 0 Å². The fourth-order valence-corrected chi connectivity index (χ4v) is 6.28. The van der Waals surface area contributed by atoms with Gasteiger partial charge in [0, 0.05) is 0 Å². The summed E-state index contributed by atoms with van der Waals surface area (Å²) >= 11 is 0. The molecule has 36 heavy (non-hydrogen) atoms. The standard InChI is InChI=1S/C27H40O7S2/c1-26(35(29,30)31,23-15-7-3-8-16-23)21-13-5-11-19-25(28)20-12-6-14-22-27(2,36(32,33)34)24-17-9-4-10-18-24/h3-4,7-10,15-18,25,28H,5-6,11-14,19-22H2,1-2H3,(H,29,30,31)(H,32,33,34). The van der Waals surface area contributed by atoms with Crippen LogP contribution in [0.25, 0.3) is 0 Å². The van der Waals surface area contributed by atoms with Crippen LogP contribution in [0.2, 0.25) is 0 Å². The summed E-state index contributed by atoms with van der Waals surface area (Å²) in [6, 6.07) is 17.4. The number of hydrogen-bond acceptors (Lipinski definition) is 5. The summed E-state index contributed by atoms with van der Waals surface area (Å²) in [6.45, 7) is 3.08. The fraction of sp³-hybridized carbons (Fsp3) is 0.556. The summed E-state index contributed by atoms with van der Waals surface area (Å²) in [6.07, 6.45) is 5.46. The van der Waals surface area contributed by atoms with Gasteiger partial charge in [-0.05, 0) is 50.7 Å². The van der Waals surface area contributed by atoms with E-state index in [1.54, 1.807) is 60.7 Å². The number of aliphatic hydroxyl groups is 1. The van der Waals surface area contributed by atoms with Crippen molar-refractivity contribution in [2.45, 2.75) is 93.7 Å². The van der Waals surface area contributed by atoms with Crippen molar-refractivity contribution in [3.05, 3.63) is 71.8 Å². The molecular formula is C27H40O7S2. The Morgan fingerprint density at radius 1 is 0.611 bits per heavy atom. The summed E-state index contributed by atoms with van der Waals surface area (Å²) < 4.78 is 65.2. The molecule has 0 fully saturated rings. The Morgan fingerprint density at radius 3 is 1.25 bits per heavy atom. The van der Waals surface area contributed by atoms with Gasteiger partial charge in [0.2, 0.25) is 0 Å². The maximum Gasteiger partial charge on any atom is 0.274 e. The quantitative estimate of drug-likeness (QED) is 0.180. The molecule has 0 bridgehead atoms. The van der Waals surface area contributed by atoms with Crippen LogP contribution in [0.1, 0.15) is 89.2 Å². The lowest BCUT2D eigenvalue weighted by Gasteiger charge is -2.27. The Kier molecular flexibility index (Phi) is 11.1. The first-order valence-corrected chi connectivity index (χ1v) is 15.4. The number of rotatable bonds is 16. The van der Waals surface area contributed by atoms with Gasteiger partial charge in [0.05, 0.1) is 6.10 Å². The maximum atomic E-state index is 12.1. The SMILES string of the molecule is CC(CCCCCC(O)CCCCCC(C)(c1ccccc1)S(=O)(=O)O)(c1ccccc1)S(=O)(=O)O. The molecule has 3 N–H and O–H groups in total. The zero-order valence-corrected chi connectivity index (χ0v) is 22.8. The first-order chi connectivity index (χ1) is 16.8. The third-order valence-electron chi connectivity index (χ3n) is 7.29. The molecule has 0 aliphatic carbocycles. The summed E-state index contributed by atoms with van der Waals surface area (Å²) in [5, 5.41) is 10.3. The Labute approximate surface area is 216 Å². The highest BCUT2D eigenvalue weighted by Crippen LogP contribution is 2.36. The lowest BCUT2D eigenvalue weighted by Crippen LogP contribution is -2.32. The first kappa shape index (κ1) is 30.4. The van der Waals surface area contributed by atoms with E-state index in [0.717, 1.165) is 25.7 Å². The highest BCUT2D eigenvalue weighted by Gasteiger charge is 2.40. The predicted molar refractivity (Wildman–Crippen MR) is 143 cm³/mol. The molecule has 2 aromatic carbocycles. The minimum absolute atomic E-state index is 0.292. The van der Waals surface area contributed by atoms with E-state index >= 15 is 0 Å². The number of unbranched alkanes of at least 4 members (excludes halogenated alkanes) is 4. The normalized spacial score (nSPS) is 16.7. The van der Waals surface area contributed by atoms with Crippen molar-refractivity contribution in [1.29, 1.82) is 0 Å². The lowest BCUT2D eigenvalue weighted by atomic mass is 9.92. The molecule has 7 nitrogen and oxygen atoms in total. The summed E-state index contributed by atoms with van der Waals surface area (Å²) in [5.74, 6) is 0. The number of benzene rings is 2. The molecule has 0 spiro atoms. The van der Waals surface area contributed by atoms with Gasteiger partial charge in [-0.25, -0.2) is 0 Å². The van der Waals surface area contributed by atoms with Gasteiger partial charge in [0.1, 0.15) is 9.49 Å². The zero-order chi connectivity index (χ0) is 26.9. The molecule has 2 unspecified atom stereocenters. The lowest BCUT2D eigenvalue weighted by molar-refractivity contribution is 0.147. The monoisotopic (exact) mass is 540 g/mol. The van der Waals surface area contributed by atoms with Crippen molar-refractivity contribution in [3.63, 3.8) is 0 Å². The van der Waals surface area contributed by atoms with Crippen LogP contribution >= 0.6 is 0 Å². The molecule has 0 saturated heterocycles. The zero-order valence-electron chi connectivity index (χ0n) is 21.2. The van der Waals surface area contributed by atoms with Crippen molar-refractivity contribution in [2.75, 3.05) is 0 Å². The highest BCUT2D eigenvalue weighted by atomic mass is 32.2. The van der Waals surface area contributed by atoms with Gasteiger partial charge in [0.15, 0.2) is 0 Å². The molecule has 0 aliphatic rings. The van der Waals surface area contributed by atoms with Crippen molar-refractivity contribution in [2.24, 2.45) is 0 Å². The van der Waals surface area contributed by atoms with E-state index < -0.39 is 35.8 Å². The van der Waals surface area contributed by atoms with E-state index in [4.69, 9.17) is 0 Å². The summed E-state index contributed by atoms with van der Waals surface area (Å²) in [4.78, 5) is 0. The van der Waals surface area contributed by atoms with Gasteiger partial charge in [-0.3, -0.25) is 9.11 Å². The highest BCUT2D eigenvalue weighted by molar-refractivity contribution is 7.87. The molecule has 2 aromatic rings.